The number of ether oxygens (including phenoxy) is 7. The lowest BCUT2D eigenvalue weighted by Gasteiger charge is -2.31. The monoisotopic (exact) mass is 1890 g/mol. The minimum absolute atomic E-state index is 0.0364. The number of morpholine rings is 2. The molecule has 6 aliphatic rings. The third-order valence-corrected chi connectivity index (χ3v) is 25.1. The number of halogens is 3. The Morgan fingerprint density at radius 1 is 0.424 bits per heavy atom. The van der Waals surface area contributed by atoms with Gasteiger partial charge >= 0.3 is 6.18 Å². The summed E-state index contributed by atoms with van der Waals surface area (Å²) in [4.78, 5) is 116. The molecule has 0 saturated carbocycles. The van der Waals surface area contributed by atoms with Gasteiger partial charge in [0.1, 0.15) is 34.3 Å². The topological polar surface area (TPSA) is 491 Å². The molecule has 5 aromatic carbocycles. The molecule has 5 fully saturated rings. The number of aromatic amines is 8. The zero-order valence-electron chi connectivity index (χ0n) is 76.4. The molecule has 0 bridgehead atoms. The van der Waals surface area contributed by atoms with Crippen LogP contribution in [0.1, 0.15) is 87.9 Å². The average Bonchev–Trinajstić information content (AvgIpc) is 1.64. The second-order valence-corrected chi connectivity index (χ2v) is 34.0. The van der Waals surface area contributed by atoms with Gasteiger partial charge in [0.15, 0.2) is 46.3 Å². The van der Waals surface area contributed by atoms with Crippen molar-refractivity contribution < 1.29 is 65.5 Å². The minimum atomic E-state index is -4.49. The number of amides is 4. The second-order valence-electron chi connectivity index (χ2n) is 34.0. The molecule has 0 spiro atoms. The number of piperidine rings is 3. The van der Waals surface area contributed by atoms with Gasteiger partial charge in [0.25, 0.3) is 11.8 Å². The third-order valence-electron chi connectivity index (χ3n) is 25.1. The van der Waals surface area contributed by atoms with Crippen LogP contribution < -0.4 is 59.7 Å². The van der Waals surface area contributed by atoms with Crippen LogP contribution in [0.5, 0.6) is 28.7 Å². The summed E-state index contributed by atoms with van der Waals surface area (Å²) < 4.78 is 76.0. The first-order chi connectivity index (χ1) is 67.9. The van der Waals surface area contributed by atoms with Gasteiger partial charge in [-0.2, -0.15) is 33.6 Å². The van der Waals surface area contributed by atoms with Crippen molar-refractivity contribution in [3.8, 4) is 74.8 Å². The van der Waals surface area contributed by atoms with E-state index in [9.17, 15) is 32.3 Å². The molecule has 6 aliphatic heterocycles. The SMILES string of the molecule is COc1cc2nc(-c3[nH]ncc3NC(=O)C3CCN(c4ncc(C(F)(F)F)cn4)CC3)[nH]c2cc1OC.COc1cc2nc(-c3[nH]ncc3NC(=O)C3CCN(c4ncccn4)CC3)[nH]c2cc1OC.O=C(Nc1cn[nH]c1-c1nc2ccc(CN3CCOCC3)cc2[nH]1)c1ccc2c(c1)CCO2.O=C(Nc1cn[nH]c1-c1nc2ccc(CN3CCOCC3)cc2[nH]1)c1cccnc1N1CCCCC1. The molecule has 5 saturated heterocycles. The number of benzene rings is 5. The van der Waals surface area contributed by atoms with E-state index in [-0.39, 0.29) is 41.4 Å². The highest BCUT2D eigenvalue weighted by Crippen LogP contribution is 2.40. The molecule has 41 nitrogen and oxygen atoms in total. The van der Waals surface area contributed by atoms with E-state index < -0.39 is 11.7 Å². The Kier molecular flexibility index (Phi) is 27.6. The molecular formula is C95H101F3N30O11. The van der Waals surface area contributed by atoms with Gasteiger partial charge in [-0.3, -0.25) is 49.4 Å². The number of aromatic nitrogens is 21. The summed E-state index contributed by atoms with van der Waals surface area (Å²) in [6.45, 7) is 13.5. The van der Waals surface area contributed by atoms with Gasteiger partial charge < -0.3 is 89.1 Å². The van der Waals surface area contributed by atoms with Gasteiger partial charge in [-0.05, 0) is 122 Å². The van der Waals surface area contributed by atoms with Crippen molar-refractivity contribution in [2.24, 2.45) is 11.8 Å². The number of fused-ring (bicyclic) bond motifs is 5. The van der Waals surface area contributed by atoms with E-state index in [2.05, 4.69) is 161 Å². The van der Waals surface area contributed by atoms with Gasteiger partial charge in [0.2, 0.25) is 23.7 Å². The number of hydrogen-bond acceptors (Lipinski definition) is 29. The summed E-state index contributed by atoms with van der Waals surface area (Å²) >= 11 is 0. The van der Waals surface area contributed by atoms with E-state index in [4.69, 9.17) is 43.1 Å². The Balaban J connectivity index is 0.000000118. The van der Waals surface area contributed by atoms with Crippen molar-refractivity contribution in [2.45, 2.75) is 70.6 Å². The van der Waals surface area contributed by atoms with Crippen LogP contribution in [0.25, 0.3) is 90.2 Å². The first-order valence-corrected chi connectivity index (χ1v) is 45.7. The summed E-state index contributed by atoms with van der Waals surface area (Å²) in [6.07, 6.45) is 15.3. The van der Waals surface area contributed by atoms with Gasteiger partial charge in [-0.15, -0.1) is 0 Å². The largest absolute Gasteiger partial charge is 0.493 e. The Morgan fingerprint density at radius 3 is 1.31 bits per heavy atom. The van der Waals surface area contributed by atoms with Gasteiger partial charge in [0.05, 0.1) is 164 Å². The number of carbonyl (C=O) groups is 4. The molecule has 22 rings (SSSR count). The van der Waals surface area contributed by atoms with Crippen LogP contribution >= 0.6 is 0 Å². The maximum absolute atomic E-state index is 13.3. The van der Waals surface area contributed by atoms with E-state index in [1.54, 1.807) is 107 Å². The molecule has 17 heterocycles. The molecule has 718 valence electrons. The van der Waals surface area contributed by atoms with Crippen molar-refractivity contribution in [3.63, 3.8) is 0 Å². The molecule has 0 unspecified atom stereocenters. The Labute approximate surface area is 791 Å². The summed E-state index contributed by atoms with van der Waals surface area (Å²) in [6, 6.07) is 30.6. The summed E-state index contributed by atoms with van der Waals surface area (Å²) in [5, 5.41) is 40.1. The van der Waals surface area contributed by atoms with Crippen LogP contribution in [-0.2, 0) is 44.7 Å². The van der Waals surface area contributed by atoms with Crippen molar-refractivity contribution in [3.05, 3.63) is 186 Å². The summed E-state index contributed by atoms with van der Waals surface area (Å²) in [5.41, 5.74) is 14.8. The number of imidazole rings is 4. The fraction of sp³-hybridized carbons (Fsp3) is 0.337. The van der Waals surface area contributed by atoms with Crippen LogP contribution in [0.4, 0.5) is 53.6 Å². The minimum Gasteiger partial charge on any atom is -0.493 e. The van der Waals surface area contributed by atoms with Crippen molar-refractivity contribution in [2.75, 3.05) is 163 Å². The number of methoxy groups -OCH3 is 4. The lowest BCUT2D eigenvalue weighted by molar-refractivity contribution is -0.138. The van der Waals surface area contributed by atoms with Crippen LogP contribution in [0.15, 0.2) is 153 Å². The van der Waals surface area contributed by atoms with E-state index in [0.717, 1.165) is 187 Å². The lowest BCUT2D eigenvalue weighted by atomic mass is 9.96. The number of rotatable bonds is 23. The van der Waals surface area contributed by atoms with Crippen LogP contribution in [-0.4, -0.2) is 266 Å². The average molecular weight is 1900 g/mol. The zero-order chi connectivity index (χ0) is 95.5. The molecule has 16 aromatic rings. The molecule has 0 aliphatic carbocycles. The predicted molar refractivity (Wildman–Crippen MR) is 511 cm³/mol. The number of pyridine rings is 1. The van der Waals surface area contributed by atoms with E-state index in [1.165, 1.54) is 23.7 Å². The van der Waals surface area contributed by atoms with Gasteiger partial charge in [-0.1, -0.05) is 12.1 Å². The third kappa shape index (κ3) is 21.2. The molecule has 44 heteroatoms. The molecular weight excluding hydrogens is 1790 g/mol. The number of anilines is 7. The molecule has 0 radical (unpaired) electrons. The highest BCUT2D eigenvalue weighted by molar-refractivity contribution is 6.09. The standard InChI is InChI=1S/C26H30N8O2.C24H24N6O3.C23H23F3N8O3.C22H24N8O3/c35-26(19-5-4-8-27-25(19)34-9-2-1-3-10-34)31-22-16-28-32-23(22)24-29-20-7-6-18(15-21(20)30-24)17-33-11-13-36-14-12-33;31-24(17-2-4-21-16(12-17)5-8-33-21)28-20-13-25-29-22(20)23-26-18-3-1-15(11-19(18)27-23)14-30-6-9-32-10-7-30;1-36-17-7-14-15(8-18(17)37-2)31-20(30-14)19-16(11-29-33-19)32-21(35)12-3-5-34(6-4-12)22-27-9-13(10-28-22)23(24,25)26;1-32-17-10-14-15(11-18(17)33-2)27-20(26-14)19-16(12-25-29-19)28-21(31)13-4-8-30(9-5-13)22-23-6-3-7-24-22/h4-8,15-16H,1-3,9-14,17H2,(H,28,32)(H,29,30)(H,31,35);1-4,11-13H,5-10,14H2,(H,25,29)(H,26,27)(H,28,31);7-12H,3-6H2,1-2H3,(H,29,33)(H,30,31)(H,32,35);3,6-7,10-13H,4-5,8-9H2,1-2H3,(H,25,29)(H,26,27)(H,28,31). The number of alkyl halides is 3. The Hall–Kier alpha value is -16.0. The zero-order valence-corrected chi connectivity index (χ0v) is 76.4. The van der Waals surface area contributed by atoms with Gasteiger partial charge in [-0.25, -0.2) is 44.9 Å². The normalized spacial score (nSPS) is 15.5. The number of H-pyrrole nitrogens is 8. The molecule has 11 aromatic heterocycles. The van der Waals surface area contributed by atoms with E-state index in [0.29, 0.717) is 152 Å². The number of carbonyl (C=O) groups excluding carboxylic acids is 4. The summed E-state index contributed by atoms with van der Waals surface area (Å²) in [5.74, 6) is 6.05. The molecule has 12 N–H and O–H groups in total. The highest BCUT2D eigenvalue weighted by atomic mass is 19.4. The number of nitrogens with zero attached hydrogens (tertiary/aromatic N) is 18. The Bertz CT molecular complexity index is 6920. The lowest BCUT2D eigenvalue weighted by Crippen LogP contribution is -2.39. The predicted octanol–water partition coefficient (Wildman–Crippen LogP) is 12.6. The van der Waals surface area contributed by atoms with Crippen LogP contribution in [0.3, 0.4) is 0 Å². The van der Waals surface area contributed by atoms with Gasteiger partial charge in [0, 0.05) is 158 Å². The van der Waals surface area contributed by atoms with Crippen molar-refractivity contribution in [1.29, 1.82) is 0 Å². The molecule has 4 amide bonds. The van der Waals surface area contributed by atoms with Crippen molar-refractivity contribution >= 4 is 108 Å². The first kappa shape index (κ1) is 92.1. The number of nitrogens with one attached hydrogen (secondary N) is 12. The fourth-order valence-corrected chi connectivity index (χ4v) is 17.6. The first-order valence-electron chi connectivity index (χ1n) is 45.7. The van der Waals surface area contributed by atoms with Crippen LogP contribution in [0.2, 0.25) is 0 Å². The van der Waals surface area contributed by atoms with E-state index in [1.807, 2.05) is 36.4 Å². The quantitative estimate of drug-likeness (QED) is 0.0283. The number of hydrogen-bond donors (Lipinski definition) is 12. The fourth-order valence-electron chi connectivity index (χ4n) is 17.6. The molecule has 139 heavy (non-hydrogen) atoms. The molecule has 0 atom stereocenters. The van der Waals surface area contributed by atoms with Crippen molar-refractivity contribution in [1.82, 2.24) is 115 Å². The summed E-state index contributed by atoms with van der Waals surface area (Å²) in [7, 11) is 6.25. The second kappa shape index (κ2) is 41.7. The van der Waals surface area contributed by atoms with Crippen LogP contribution in [0, 0.1) is 11.8 Å². The highest BCUT2D eigenvalue weighted by Gasteiger charge is 2.35. The van der Waals surface area contributed by atoms with E-state index >= 15 is 0 Å². The Morgan fingerprint density at radius 2 is 0.849 bits per heavy atom. The smallest absolute Gasteiger partial charge is 0.419 e. The maximum atomic E-state index is 13.3. The maximum Gasteiger partial charge on any atom is 0.419 e.